The average Bonchev–Trinajstić information content (AvgIpc) is 2.50. The quantitative estimate of drug-likeness (QED) is 0.811. The normalized spacial score (nSPS) is 20.2. The first-order chi connectivity index (χ1) is 11.8. The number of benzene rings is 1. The third-order valence-corrected chi connectivity index (χ3v) is 4.31. The van der Waals surface area contributed by atoms with Crippen LogP contribution in [-0.4, -0.2) is 60.1 Å². The number of piperazine rings is 1. The first kappa shape index (κ1) is 20.0. The smallest absolute Gasteiger partial charge is 0.406 e. The van der Waals surface area contributed by atoms with Crippen molar-refractivity contribution in [1.29, 1.82) is 0 Å². The molecule has 1 fully saturated rings. The molecule has 1 atom stereocenters. The molecule has 1 aliphatic heterocycles. The zero-order chi connectivity index (χ0) is 18.4. The summed E-state index contributed by atoms with van der Waals surface area (Å²) in [4.78, 5) is 4.72. The summed E-state index contributed by atoms with van der Waals surface area (Å²) < 4.78 is 40.5. The molecule has 142 valence electrons. The fourth-order valence-electron chi connectivity index (χ4n) is 3.29. The molecule has 0 radical (unpaired) electrons. The molecule has 7 heteroatoms. The SMILES string of the molecule is CC(C)CN1CCN(Cc2ccc(OC(F)(F)F)cc2)CC1CCO. The van der Waals surface area contributed by atoms with Crippen LogP contribution in [0.5, 0.6) is 5.75 Å². The van der Waals surface area contributed by atoms with Gasteiger partial charge in [0.2, 0.25) is 0 Å². The minimum Gasteiger partial charge on any atom is -0.406 e. The molecule has 1 heterocycles. The number of aliphatic hydroxyl groups excluding tert-OH is 1. The summed E-state index contributed by atoms with van der Waals surface area (Å²) in [6.07, 6.45) is -3.92. The summed E-state index contributed by atoms with van der Waals surface area (Å²) in [5.41, 5.74) is 0.953. The topological polar surface area (TPSA) is 35.9 Å². The molecular formula is C18H27F3N2O2. The monoisotopic (exact) mass is 360 g/mol. The van der Waals surface area contributed by atoms with Gasteiger partial charge in [-0.25, -0.2) is 0 Å². The predicted molar refractivity (Wildman–Crippen MR) is 90.3 cm³/mol. The van der Waals surface area contributed by atoms with E-state index < -0.39 is 6.36 Å². The molecule has 1 saturated heterocycles. The van der Waals surface area contributed by atoms with E-state index in [1.165, 1.54) is 12.1 Å². The molecule has 0 saturated carbocycles. The van der Waals surface area contributed by atoms with E-state index in [0.29, 0.717) is 18.5 Å². The highest BCUT2D eigenvalue weighted by Gasteiger charge is 2.31. The van der Waals surface area contributed by atoms with E-state index >= 15 is 0 Å². The van der Waals surface area contributed by atoms with Crippen LogP contribution in [0.4, 0.5) is 13.2 Å². The van der Waals surface area contributed by atoms with Crippen molar-refractivity contribution in [2.75, 3.05) is 32.8 Å². The van der Waals surface area contributed by atoms with Crippen molar-refractivity contribution in [2.45, 2.75) is 39.2 Å². The second-order valence-electron chi connectivity index (χ2n) is 6.98. The van der Waals surface area contributed by atoms with Crippen LogP contribution in [-0.2, 0) is 6.54 Å². The summed E-state index contributed by atoms with van der Waals surface area (Å²) in [6.45, 7) is 8.95. The van der Waals surface area contributed by atoms with Crippen LogP contribution in [0.25, 0.3) is 0 Å². The van der Waals surface area contributed by atoms with Crippen LogP contribution in [0.2, 0.25) is 0 Å². The molecule has 1 aliphatic rings. The zero-order valence-corrected chi connectivity index (χ0v) is 14.8. The van der Waals surface area contributed by atoms with Gasteiger partial charge in [-0.3, -0.25) is 9.80 Å². The Morgan fingerprint density at radius 2 is 1.88 bits per heavy atom. The van der Waals surface area contributed by atoms with Crippen molar-refractivity contribution in [3.05, 3.63) is 29.8 Å². The van der Waals surface area contributed by atoms with Gasteiger partial charge in [0.15, 0.2) is 0 Å². The number of nitrogens with zero attached hydrogens (tertiary/aromatic N) is 2. The number of hydrogen-bond acceptors (Lipinski definition) is 4. The van der Waals surface area contributed by atoms with Crippen LogP contribution in [0.1, 0.15) is 25.8 Å². The molecule has 1 unspecified atom stereocenters. The molecule has 0 aliphatic carbocycles. The lowest BCUT2D eigenvalue weighted by Crippen LogP contribution is -2.53. The van der Waals surface area contributed by atoms with Gasteiger partial charge >= 0.3 is 6.36 Å². The van der Waals surface area contributed by atoms with E-state index in [1.807, 2.05) is 0 Å². The molecule has 1 aromatic rings. The van der Waals surface area contributed by atoms with Crippen LogP contribution in [0.15, 0.2) is 24.3 Å². The molecule has 2 rings (SSSR count). The second kappa shape index (κ2) is 8.87. The first-order valence-corrected chi connectivity index (χ1v) is 8.69. The molecule has 1 N–H and O–H groups in total. The Hall–Kier alpha value is -1.31. The summed E-state index contributed by atoms with van der Waals surface area (Å²) >= 11 is 0. The minimum absolute atomic E-state index is 0.163. The summed E-state index contributed by atoms with van der Waals surface area (Å²) in [6, 6.07) is 6.35. The summed E-state index contributed by atoms with van der Waals surface area (Å²) in [5, 5.41) is 9.32. The number of alkyl halides is 3. The highest BCUT2D eigenvalue weighted by atomic mass is 19.4. The Labute approximate surface area is 147 Å². The molecule has 4 nitrogen and oxygen atoms in total. The predicted octanol–water partition coefficient (Wildman–Crippen LogP) is 3.11. The van der Waals surface area contributed by atoms with E-state index in [1.54, 1.807) is 12.1 Å². The number of rotatable bonds is 7. The molecule has 25 heavy (non-hydrogen) atoms. The lowest BCUT2D eigenvalue weighted by Gasteiger charge is -2.42. The Kier molecular flexibility index (Phi) is 7.10. The number of hydrogen-bond donors (Lipinski definition) is 1. The standard InChI is InChI=1S/C18H27F3N2O2/c1-14(2)11-23-9-8-22(13-16(23)7-10-24)12-15-3-5-17(6-4-15)25-18(19,20)21/h3-6,14,16,24H,7-13H2,1-2H3. The van der Waals surface area contributed by atoms with E-state index in [9.17, 15) is 18.3 Å². The van der Waals surface area contributed by atoms with E-state index in [2.05, 4.69) is 28.4 Å². The van der Waals surface area contributed by atoms with Gasteiger partial charge in [-0.05, 0) is 30.0 Å². The summed E-state index contributed by atoms with van der Waals surface area (Å²) in [5.74, 6) is 0.380. The third-order valence-electron chi connectivity index (χ3n) is 4.31. The molecule has 0 bridgehead atoms. The van der Waals surface area contributed by atoms with E-state index in [0.717, 1.165) is 38.2 Å². The van der Waals surface area contributed by atoms with Crippen molar-refractivity contribution in [3.63, 3.8) is 0 Å². The third kappa shape index (κ3) is 6.84. The minimum atomic E-state index is -4.66. The van der Waals surface area contributed by atoms with Crippen molar-refractivity contribution >= 4 is 0 Å². The number of ether oxygens (including phenoxy) is 1. The van der Waals surface area contributed by atoms with Gasteiger partial charge in [-0.2, -0.15) is 0 Å². The number of aliphatic hydroxyl groups is 1. The van der Waals surface area contributed by atoms with Crippen LogP contribution in [0, 0.1) is 5.92 Å². The van der Waals surface area contributed by atoms with Gasteiger partial charge in [0.05, 0.1) is 0 Å². The average molecular weight is 360 g/mol. The van der Waals surface area contributed by atoms with Gasteiger partial charge in [0, 0.05) is 45.4 Å². The maximum atomic E-state index is 12.2. The molecule has 0 spiro atoms. The van der Waals surface area contributed by atoms with Gasteiger partial charge in [-0.1, -0.05) is 26.0 Å². The second-order valence-corrected chi connectivity index (χ2v) is 6.98. The van der Waals surface area contributed by atoms with Crippen LogP contribution < -0.4 is 4.74 Å². The fourth-order valence-corrected chi connectivity index (χ4v) is 3.29. The van der Waals surface area contributed by atoms with Crippen LogP contribution in [0.3, 0.4) is 0 Å². The number of halogens is 3. The Balaban J connectivity index is 1.92. The van der Waals surface area contributed by atoms with Crippen LogP contribution >= 0.6 is 0 Å². The van der Waals surface area contributed by atoms with Crippen molar-refractivity contribution < 1.29 is 23.0 Å². The lowest BCUT2D eigenvalue weighted by molar-refractivity contribution is -0.274. The zero-order valence-electron chi connectivity index (χ0n) is 14.8. The molecule has 0 amide bonds. The van der Waals surface area contributed by atoms with Gasteiger partial charge in [-0.15, -0.1) is 13.2 Å². The first-order valence-electron chi connectivity index (χ1n) is 8.69. The Morgan fingerprint density at radius 3 is 2.44 bits per heavy atom. The van der Waals surface area contributed by atoms with Crippen molar-refractivity contribution in [2.24, 2.45) is 5.92 Å². The van der Waals surface area contributed by atoms with Gasteiger partial charge in [0.1, 0.15) is 5.75 Å². The maximum Gasteiger partial charge on any atom is 0.573 e. The van der Waals surface area contributed by atoms with Crippen molar-refractivity contribution in [3.8, 4) is 5.75 Å². The largest absolute Gasteiger partial charge is 0.573 e. The lowest BCUT2D eigenvalue weighted by atomic mass is 10.1. The van der Waals surface area contributed by atoms with E-state index in [4.69, 9.17) is 0 Å². The molecular weight excluding hydrogens is 333 g/mol. The fraction of sp³-hybridized carbons (Fsp3) is 0.667. The Morgan fingerprint density at radius 1 is 1.20 bits per heavy atom. The van der Waals surface area contributed by atoms with E-state index in [-0.39, 0.29) is 12.4 Å². The maximum absolute atomic E-state index is 12.2. The molecule has 0 aromatic heterocycles. The van der Waals surface area contributed by atoms with Gasteiger partial charge < -0.3 is 9.84 Å². The highest BCUT2D eigenvalue weighted by Crippen LogP contribution is 2.23. The van der Waals surface area contributed by atoms with Gasteiger partial charge in [0.25, 0.3) is 0 Å². The van der Waals surface area contributed by atoms with Crippen molar-refractivity contribution in [1.82, 2.24) is 9.80 Å². The Bertz CT molecular complexity index is 520. The molecule has 1 aromatic carbocycles. The summed E-state index contributed by atoms with van der Waals surface area (Å²) in [7, 11) is 0. The highest BCUT2D eigenvalue weighted by molar-refractivity contribution is 5.27.